The van der Waals surface area contributed by atoms with Crippen molar-refractivity contribution in [3.05, 3.63) is 47.8 Å². The first-order chi connectivity index (χ1) is 10.6. The molecule has 0 bridgehead atoms. The van der Waals surface area contributed by atoms with Gasteiger partial charge in [-0.25, -0.2) is 4.39 Å². The molecule has 0 aliphatic rings. The first-order valence-electron chi connectivity index (χ1n) is 7.41. The van der Waals surface area contributed by atoms with Gasteiger partial charge in [0.2, 0.25) is 0 Å². The molecule has 1 aromatic carbocycles. The smallest absolute Gasteiger partial charge is 0.193 e. The number of guanidine groups is 1. The van der Waals surface area contributed by atoms with Crippen molar-refractivity contribution in [2.75, 3.05) is 27.7 Å². The molecule has 0 saturated carbocycles. The molecule has 0 saturated heterocycles. The number of aliphatic imine (C=N–C) groups is 1. The van der Waals surface area contributed by atoms with E-state index < -0.39 is 0 Å². The average Bonchev–Trinajstić information content (AvgIpc) is 2.51. The first kappa shape index (κ1) is 21.9. The Balaban J connectivity index is 0.00000484. The van der Waals surface area contributed by atoms with E-state index in [9.17, 15) is 4.39 Å². The van der Waals surface area contributed by atoms with Crippen LogP contribution in [0.15, 0.2) is 35.8 Å². The lowest BCUT2D eigenvalue weighted by Crippen LogP contribution is -2.39. The molecule has 0 atom stereocenters. The number of allylic oxidation sites excluding steroid dienone is 1. The van der Waals surface area contributed by atoms with E-state index >= 15 is 0 Å². The second-order valence-electron chi connectivity index (χ2n) is 5.11. The Kier molecular flexibility index (Phi) is 11.7. The molecule has 0 amide bonds. The standard InChI is InChI=1S/C17H26FN3O.HI/c1-5-6-7-10-21(3)17(19-2)20-12-14-8-9-16(18)15(11-14)13-22-4;/h5,8-9,11H,1,6-7,10,12-13H2,2-4H3,(H,19,20);1H. The van der Waals surface area contributed by atoms with E-state index in [1.807, 2.05) is 19.2 Å². The Labute approximate surface area is 155 Å². The summed E-state index contributed by atoms with van der Waals surface area (Å²) in [5, 5.41) is 3.29. The largest absolute Gasteiger partial charge is 0.380 e. The van der Waals surface area contributed by atoms with E-state index in [-0.39, 0.29) is 36.4 Å². The van der Waals surface area contributed by atoms with Crippen molar-refractivity contribution in [2.45, 2.75) is 26.0 Å². The van der Waals surface area contributed by atoms with Crippen molar-refractivity contribution in [2.24, 2.45) is 4.99 Å². The molecule has 4 nitrogen and oxygen atoms in total. The molecule has 0 spiro atoms. The number of hydrogen-bond donors (Lipinski definition) is 1. The molecule has 0 unspecified atom stereocenters. The Hall–Kier alpha value is -1.15. The van der Waals surface area contributed by atoms with Crippen molar-refractivity contribution in [3.63, 3.8) is 0 Å². The number of rotatable bonds is 8. The number of hydrogen-bond acceptors (Lipinski definition) is 2. The molecule has 0 aromatic heterocycles. The van der Waals surface area contributed by atoms with Gasteiger partial charge in [0.25, 0.3) is 0 Å². The zero-order valence-electron chi connectivity index (χ0n) is 14.1. The predicted molar refractivity (Wildman–Crippen MR) is 105 cm³/mol. The minimum atomic E-state index is -0.239. The summed E-state index contributed by atoms with van der Waals surface area (Å²) >= 11 is 0. The highest BCUT2D eigenvalue weighted by Crippen LogP contribution is 2.11. The molecule has 0 aliphatic carbocycles. The van der Waals surface area contributed by atoms with Crippen molar-refractivity contribution in [3.8, 4) is 0 Å². The van der Waals surface area contributed by atoms with Crippen LogP contribution in [0.2, 0.25) is 0 Å². The van der Waals surface area contributed by atoms with E-state index in [1.165, 1.54) is 6.07 Å². The van der Waals surface area contributed by atoms with Crippen molar-refractivity contribution in [1.82, 2.24) is 10.2 Å². The highest BCUT2D eigenvalue weighted by Gasteiger charge is 2.07. The van der Waals surface area contributed by atoms with Gasteiger partial charge in [-0.15, -0.1) is 30.6 Å². The normalized spacial score (nSPS) is 10.9. The van der Waals surface area contributed by atoms with Crippen LogP contribution in [0, 0.1) is 5.82 Å². The molecule has 6 heteroatoms. The van der Waals surface area contributed by atoms with Crippen molar-refractivity contribution >= 4 is 29.9 Å². The predicted octanol–water partition coefficient (Wildman–Crippen LogP) is 3.56. The maximum atomic E-state index is 13.6. The number of unbranched alkanes of at least 4 members (excludes halogenated alkanes) is 1. The van der Waals surface area contributed by atoms with Crippen LogP contribution in [0.4, 0.5) is 4.39 Å². The Bertz CT molecular complexity index is 509. The monoisotopic (exact) mass is 435 g/mol. The van der Waals surface area contributed by atoms with Crippen LogP contribution < -0.4 is 5.32 Å². The number of halogens is 2. The van der Waals surface area contributed by atoms with Crippen molar-refractivity contribution in [1.29, 1.82) is 0 Å². The topological polar surface area (TPSA) is 36.9 Å². The molecular weight excluding hydrogens is 408 g/mol. The molecule has 0 heterocycles. The highest BCUT2D eigenvalue weighted by atomic mass is 127. The Morgan fingerprint density at radius 2 is 2.22 bits per heavy atom. The maximum Gasteiger partial charge on any atom is 0.193 e. The number of ether oxygens (including phenoxy) is 1. The third-order valence-electron chi connectivity index (χ3n) is 3.34. The van der Waals surface area contributed by atoms with E-state index in [4.69, 9.17) is 4.74 Å². The molecule has 1 N–H and O–H groups in total. The van der Waals surface area contributed by atoms with Gasteiger partial charge in [0.15, 0.2) is 5.96 Å². The Morgan fingerprint density at radius 1 is 1.48 bits per heavy atom. The van der Waals surface area contributed by atoms with Gasteiger partial charge in [0.1, 0.15) is 5.82 Å². The number of methoxy groups -OCH3 is 1. The maximum absolute atomic E-state index is 13.6. The van der Waals surface area contributed by atoms with Crippen LogP contribution >= 0.6 is 24.0 Å². The fourth-order valence-corrected chi connectivity index (χ4v) is 2.15. The van der Waals surface area contributed by atoms with Gasteiger partial charge < -0.3 is 15.0 Å². The zero-order chi connectivity index (χ0) is 16.4. The van der Waals surface area contributed by atoms with Gasteiger partial charge in [-0.2, -0.15) is 0 Å². The SMILES string of the molecule is C=CCCCN(C)C(=NC)NCc1ccc(F)c(COC)c1.I. The van der Waals surface area contributed by atoms with E-state index in [0.29, 0.717) is 12.1 Å². The molecule has 0 radical (unpaired) electrons. The van der Waals surface area contributed by atoms with Crippen molar-refractivity contribution < 1.29 is 9.13 Å². The molecule has 1 rings (SSSR count). The summed E-state index contributed by atoms with van der Waals surface area (Å²) in [5.74, 6) is 0.582. The molecule has 0 fully saturated rings. The minimum Gasteiger partial charge on any atom is -0.380 e. The molecule has 23 heavy (non-hydrogen) atoms. The van der Waals surface area contributed by atoms with Gasteiger partial charge in [-0.1, -0.05) is 12.1 Å². The first-order valence-corrected chi connectivity index (χ1v) is 7.41. The fourth-order valence-electron chi connectivity index (χ4n) is 2.15. The summed E-state index contributed by atoms with van der Waals surface area (Å²) < 4.78 is 18.6. The van der Waals surface area contributed by atoms with Gasteiger partial charge >= 0.3 is 0 Å². The van der Waals surface area contributed by atoms with Crippen LogP contribution in [-0.2, 0) is 17.9 Å². The summed E-state index contributed by atoms with van der Waals surface area (Å²) in [6.07, 6.45) is 3.94. The number of nitrogens with zero attached hydrogens (tertiary/aromatic N) is 2. The minimum absolute atomic E-state index is 0. The molecular formula is C17H27FIN3O. The van der Waals surface area contributed by atoms with Crippen LogP contribution in [0.25, 0.3) is 0 Å². The van der Waals surface area contributed by atoms with Crippen LogP contribution in [0.5, 0.6) is 0 Å². The van der Waals surface area contributed by atoms with E-state index in [0.717, 1.165) is 30.9 Å². The summed E-state index contributed by atoms with van der Waals surface area (Å²) in [6.45, 7) is 5.50. The number of benzene rings is 1. The van der Waals surface area contributed by atoms with Gasteiger partial charge in [0, 0.05) is 39.9 Å². The summed E-state index contributed by atoms with van der Waals surface area (Å²) in [5.41, 5.74) is 1.56. The Morgan fingerprint density at radius 3 is 2.83 bits per heavy atom. The second-order valence-corrected chi connectivity index (χ2v) is 5.11. The second kappa shape index (κ2) is 12.3. The van der Waals surface area contributed by atoms with Crippen LogP contribution in [-0.4, -0.2) is 38.6 Å². The summed E-state index contributed by atoms with van der Waals surface area (Å²) in [4.78, 5) is 6.34. The van der Waals surface area contributed by atoms with Gasteiger partial charge in [-0.3, -0.25) is 4.99 Å². The quantitative estimate of drug-likeness (QED) is 0.223. The third-order valence-corrected chi connectivity index (χ3v) is 3.34. The van der Waals surface area contributed by atoms with Gasteiger partial charge in [0.05, 0.1) is 6.61 Å². The zero-order valence-corrected chi connectivity index (χ0v) is 16.5. The van der Waals surface area contributed by atoms with Crippen LogP contribution in [0.1, 0.15) is 24.0 Å². The third kappa shape index (κ3) is 7.78. The molecule has 1 aromatic rings. The summed E-state index contributed by atoms with van der Waals surface area (Å²) in [6, 6.07) is 5.06. The van der Waals surface area contributed by atoms with Gasteiger partial charge in [-0.05, 0) is 30.5 Å². The lowest BCUT2D eigenvalue weighted by Gasteiger charge is -2.22. The lowest BCUT2D eigenvalue weighted by atomic mass is 10.1. The van der Waals surface area contributed by atoms with E-state index in [1.54, 1.807) is 20.2 Å². The lowest BCUT2D eigenvalue weighted by molar-refractivity contribution is 0.181. The highest BCUT2D eigenvalue weighted by molar-refractivity contribution is 14.0. The average molecular weight is 435 g/mol. The fraction of sp³-hybridized carbons (Fsp3) is 0.471. The molecule has 130 valence electrons. The van der Waals surface area contributed by atoms with E-state index in [2.05, 4.69) is 21.8 Å². The van der Waals surface area contributed by atoms with Crippen LogP contribution in [0.3, 0.4) is 0 Å². The summed E-state index contributed by atoms with van der Waals surface area (Å²) in [7, 11) is 5.32. The number of nitrogens with one attached hydrogen (secondary N) is 1. The molecule has 0 aliphatic heterocycles.